The van der Waals surface area contributed by atoms with E-state index in [1.54, 1.807) is 21.1 Å². The van der Waals surface area contributed by atoms with Crippen LogP contribution in [0.15, 0.2) is 12.1 Å². The van der Waals surface area contributed by atoms with E-state index in [-0.39, 0.29) is 0 Å². The van der Waals surface area contributed by atoms with Gasteiger partial charge in [0.1, 0.15) is 6.61 Å². The van der Waals surface area contributed by atoms with Gasteiger partial charge in [-0.15, -0.1) is 5.92 Å². The van der Waals surface area contributed by atoms with E-state index in [9.17, 15) is 0 Å². The van der Waals surface area contributed by atoms with Gasteiger partial charge in [0.05, 0.1) is 14.2 Å². The highest BCUT2D eigenvalue weighted by Gasteiger charge is 2.13. The van der Waals surface area contributed by atoms with E-state index in [1.165, 1.54) is 0 Å². The Kier molecular flexibility index (Phi) is 7.38. The van der Waals surface area contributed by atoms with Gasteiger partial charge in [0.25, 0.3) is 0 Å². The lowest BCUT2D eigenvalue weighted by atomic mass is 10.1. The van der Waals surface area contributed by atoms with Crippen molar-refractivity contribution >= 4 is 0 Å². The molecule has 0 saturated heterocycles. The van der Waals surface area contributed by atoms with Crippen molar-refractivity contribution in [2.45, 2.75) is 26.8 Å². The quantitative estimate of drug-likeness (QED) is 0.585. The third kappa shape index (κ3) is 4.67. The summed E-state index contributed by atoms with van der Waals surface area (Å²) < 4.78 is 16.4. The molecule has 4 nitrogen and oxygen atoms in total. The Labute approximate surface area is 121 Å². The molecule has 1 aromatic carbocycles. The topological polar surface area (TPSA) is 39.7 Å². The SMILES string of the molecule is CC#CCOc1c(OC)cc(CNCCC)cc1OC. The lowest BCUT2D eigenvalue weighted by molar-refractivity contribution is 0.304. The first kappa shape index (κ1) is 16.2. The number of hydrogen-bond donors (Lipinski definition) is 1. The van der Waals surface area contributed by atoms with Crippen molar-refractivity contribution in [2.24, 2.45) is 0 Å². The average Bonchev–Trinajstić information content (AvgIpc) is 2.48. The Morgan fingerprint density at radius 1 is 1.15 bits per heavy atom. The molecule has 0 aromatic heterocycles. The zero-order valence-electron chi connectivity index (χ0n) is 12.7. The summed E-state index contributed by atoms with van der Waals surface area (Å²) in [6.45, 7) is 5.99. The zero-order valence-corrected chi connectivity index (χ0v) is 12.7. The monoisotopic (exact) mass is 277 g/mol. The van der Waals surface area contributed by atoms with Crippen LogP contribution in [0.1, 0.15) is 25.8 Å². The molecule has 0 spiro atoms. The van der Waals surface area contributed by atoms with Crippen LogP contribution in [0, 0.1) is 11.8 Å². The van der Waals surface area contributed by atoms with Crippen molar-refractivity contribution in [3.63, 3.8) is 0 Å². The summed E-state index contributed by atoms with van der Waals surface area (Å²) in [6, 6.07) is 3.92. The van der Waals surface area contributed by atoms with E-state index < -0.39 is 0 Å². The first-order chi connectivity index (χ1) is 9.76. The minimum absolute atomic E-state index is 0.316. The highest BCUT2D eigenvalue weighted by atomic mass is 16.5. The Bertz CT molecular complexity index is 449. The standard InChI is InChI=1S/C16H23NO3/c1-5-7-9-20-16-14(18-3)10-13(11-15(16)19-4)12-17-8-6-2/h10-11,17H,6,8-9,12H2,1-4H3. The number of benzene rings is 1. The Morgan fingerprint density at radius 3 is 2.30 bits per heavy atom. The van der Waals surface area contributed by atoms with E-state index in [0.717, 1.165) is 25.1 Å². The number of nitrogens with one attached hydrogen (secondary N) is 1. The normalized spacial score (nSPS) is 9.60. The van der Waals surface area contributed by atoms with Crippen LogP contribution >= 0.6 is 0 Å². The van der Waals surface area contributed by atoms with Crippen LogP contribution in [-0.4, -0.2) is 27.4 Å². The van der Waals surface area contributed by atoms with E-state index in [0.29, 0.717) is 23.9 Å². The van der Waals surface area contributed by atoms with Crippen molar-refractivity contribution in [2.75, 3.05) is 27.4 Å². The van der Waals surface area contributed by atoms with Crippen molar-refractivity contribution in [3.8, 4) is 29.1 Å². The molecule has 0 fully saturated rings. The highest BCUT2D eigenvalue weighted by Crippen LogP contribution is 2.38. The second-order valence-electron chi connectivity index (χ2n) is 4.22. The second-order valence-corrected chi connectivity index (χ2v) is 4.22. The van der Waals surface area contributed by atoms with Gasteiger partial charge in [-0.2, -0.15) is 0 Å². The number of ether oxygens (including phenoxy) is 3. The summed E-state index contributed by atoms with van der Waals surface area (Å²) in [4.78, 5) is 0. The average molecular weight is 277 g/mol. The zero-order chi connectivity index (χ0) is 14.8. The molecular formula is C16H23NO3. The maximum absolute atomic E-state index is 5.63. The summed E-state index contributed by atoms with van der Waals surface area (Å²) in [6.07, 6.45) is 1.10. The fourth-order valence-corrected chi connectivity index (χ4v) is 1.77. The molecule has 0 bridgehead atoms. The molecule has 0 saturated carbocycles. The summed E-state index contributed by atoms with van der Waals surface area (Å²) in [5, 5.41) is 3.35. The summed E-state index contributed by atoms with van der Waals surface area (Å²) in [7, 11) is 3.24. The minimum Gasteiger partial charge on any atom is -0.493 e. The number of rotatable bonds is 8. The molecule has 0 radical (unpaired) electrons. The summed E-state index contributed by atoms with van der Waals surface area (Å²) >= 11 is 0. The molecule has 0 amide bonds. The van der Waals surface area contributed by atoms with E-state index in [1.807, 2.05) is 12.1 Å². The third-order valence-electron chi connectivity index (χ3n) is 2.74. The van der Waals surface area contributed by atoms with Crippen LogP contribution < -0.4 is 19.5 Å². The van der Waals surface area contributed by atoms with Gasteiger partial charge in [0.15, 0.2) is 11.5 Å². The Morgan fingerprint density at radius 2 is 1.80 bits per heavy atom. The first-order valence-electron chi connectivity index (χ1n) is 6.74. The lowest BCUT2D eigenvalue weighted by Crippen LogP contribution is -2.14. The summed E-state index contributed by atoms with van der Waals surface area (Å²) in [5.41, 5.74) is 1.10. The van der Waals surface area contributed by atoms with Gasteiger partial charge in [-0.1, -0.05) is 12.8 Å². The third-order valence-corrected chi connectivity index (χ3v) is 2.74. The van der Waals surface area contributed by atoms with Crippen LogP contribution in [0.25, 0.3) is 0 Å². The Hall–Kier alpha value is -1.86. The van der Waals surface area contributed by atoms with Crippen molar-refractivity contribution in [1.82, 2.24) is 5.32 Å². The van der Waals surface area contributed by atoms with E-state index in [2.05, 4.69) is 24.1 Å². The van der Waals surface area contributed by atoms with Crippen LogP contribution in [0.2, 0.25) is 0 Å². The van der Waals surface area contributed by atoms with E-state index >= 15 is 0 Å². The smallest absolute Gasteiger partial charge is 0.204 e. The van der Waals surface area contributed by atoms with Gasteiger partial charge in [-0.05, 0) is 37.6 Å². The molecule has 20 heavy (non-hydrogen) atoms. The van der Waals surface area contributed by atoms with Gasteiger partial charge >= 0.3 is 0 Å². The molecule has 0 aliphatic rings. The van der Waals surface area contributed by atoms with Crippen LogP contribution in [-0.2, 0) is 6.54 Å². The van der Waals surface area contributed by atoms with Crippen molar-refractivity contribution in [3.05, 3.63) is 17.7 Å². The Balaban J connectivity index is 2.94. The molecule has 0 aliphatic carbocycles. The predicted molar refractivity (Wildman–Crippen MR) is 80.5 cm³/mol. The predicted octanol–water partition coefficient (Wildman–Crippen LogP) is 2.61. The molecule has 0 atom stereocenters. The van der Waals surface area contributed by atoms with Crippen LogP contribution in [0.5, 0.6) is 17.2 Å². The largest absolute Gasteiger partial charge is 0.493 e. The number of hydrogen-bond acceptors (Lipinski definition) is 4. The molecule has 1 aromatic rings. The highest BCUT2D eigenvalue weighted by molar-refractivity contribution is 5.54. The maximum Gasteiger partial charge on any atom is 0.204 e. The molecule has 0 unspecified atom stereocenters. The van der Waals surface area contributed by atoms with Crippen LogP contribution in [0.3, 0.4) is 0 Å². The lowest BCUT2D eigenvalue weighted by Gasteiger charge is -2.15. The molecular weight excluding hydrogens is 254 g/mol. The van der Waals surface area contributed by atoms with Crippen LogP contribution in [0.4, 0.5) is 0 Å². The van der Waals surface area contributed by atoms with Gasteiger partial charge in [-0.25, -0.2) is 0 Å². The van der Waals surface area contributed by atoms with Gasteiger partial charge in [0.2, 0.25) is 5.75 Å². The van der Waals surface area contributed by atoms with Gasteiger partial charge in [0, 0.05) is 6.54 Å². The second kappa shape index (κ2) is 9.11. The minimum atomic E-state index is 0.316. The van der Waals surface area contributed by atoms with Crippen molar-refractivity contribution < 1.29 is 14.2 Å². The summed E-state index contributed by atoms with van der Waals surface area (Å²) in [5.74, 6) is 7.57. The first-order valence-corrected chi connectivity index (χ1v) is 6.74. The molecule has 110 valence electrons. The van der Waals surface area contributed by atoms with Crippen molar-refractivity contribution in [1.29, 1.82) is 0 Å². The molecule has 4 heteroatoms. The number of methoxy groups -OCH3 is 2. The molecule has 0 aliphatic heterocycles. The fourth-order valence-electron chi connectivity index (χ4n) is 1.77. The molecule has 1 rings (SSSR count). The van der Waals surface area contributed by atoms with Gasteiger partial charge < -0.3 is 19.5 Å². The van der Waals surface area contributed by atoms with E-state index in [4.69, 9.17) is 14.2 Å². The van der Waals surface area contributed by atoms with Gasteiger partial charge in [-0.3, -0.25) is 0 Å². The maximum atomic E-state index is 5.63. The molecule has 0 heterocycles. The molecule has 1 N–H and O–H groups in total. The fraction of sp³-hybridized carbons (Fsp3) is 0.500.